The summed E-state index contributed by atoms with van der Waals surface area (Å²) in [5.74, 6) is -0.0696. The van der Waals surface area contributed by atoms with Crippen molar-refractivity contribution in [2.24, 2.45) is 0 Å². The van der Waals surface area contributed by atoms with Crippen molar-refractivity contribution in [1.29, 1.82) is 0 Å². The molecule has 0 fully saturated rings. The van der Waals surface area contributed by atoms with Crippen LogP contribution in [0, 0.1) is 3.57 Å². The van der Waals surface area contributed by atoms with Crippen molar-refractivity contribution in [3.05, 3.63) is 48.6 Å². The summed E-state index contributed by atoms with van der Waals surface area (Å²) in [6.45, 7) is 0. The van der Waals surface area contributed by atoms with Gasteiger partial charge in [-0.2, -0.15) is 0 Å². The van der Waals surface area contributed by atoms with Gasteiger partial charge in [0.15, 0.2) is 0 Å². The lowest BCUT2D eigenvalue weighted by atomic mass is 10.3. The molecule has 0 saturated heterocycles. The molecule has 5 heteroatoms. The first-order valence-corrected chi connectivity index (χ1v) is 7.17. The van der Waals surface area contributed by atoms with Crippen LogP contribution in [0.4, 0.5) is 5.69 Å². The molecule has 0 atom stereocenters. The van der Waals surface area contributed by atoms with Gasteiger partial charge in [-0.3, -0.25) is 4.79 Å². The van der Waals surface area contributed by atoms with Crippen LogP contribution < -0.4 is 5.32 Å². The van der Waals surface area contributed by atoms with Crippen molar-refractivity contribution < 1.29 is 4.79 Å². The van der Waals surface area contributed by atoms with Crippen LogP contribution in [-0.2, 0) is 0 Å². The second kappa shape index (κ2) is 5.29. The molecule has 0 radical (unpaired) electrons. The third kappa shape index (κ3) is 2.83. The van der Waals surface area contributed by atoms with Crippen LogP contribution in [0.25, 0.3) is 0 Å². The summed E-state index contributed by atoms with van der Waals surface area (Å²) >= 11 is 6.96. The van der Waals surface area contributed by atoms with Crippen molar-refractivity contribution in [2.75, 3.05) is 5.32 Å². The minimum absolute atomic E-state index is 0.0696. The first-order valence-electron chi connectivity index (χ1n) is 4.48. The number of thiophene rings is 1. The van der Waals surface area contributed by atoms with Crippen LogP contribution >= 0.6 is 49.9 Å². The summed E-state index contributed by atoms with van der Waals surface area (Å²) in [5, 5.41) is 2.88. The van der Waals surface area contributed by atoms with Crippen molar-refractivity contribution >= 4 is 61.5 Å². The average Bonchev–Trinajstić information content (AvgIpc) is 2.68. The first kappa shape index (κ1) is 12.1. The smallest absolute Gasteiger partial charge is 0.265 e. The van der Waals surface area contributed by atoms with E-state index in [1.54, 1.807) is 6.07 Å². The zero-order valence-electron chi connectivity index (χ0n) is 8.04. The molecule has 0 bridgehead atoms. The number of carbonyl (C=O) groups is 1. The monoisotopic (exact) mass is 407 g/mol. The zero-order valence-corrected chi connectivity index (χ0v) is 12.6. The fourth-order valence-corrected chi connectivity index (χ4v) is 2.99. The maximum absolute atomic E-state index is 11.9. The molecule has 1 N–H and O–H groups in total. The van der Waals surface area contributed by atoms with Gasteiger partial charge in [0, 0.05) is 3.57 Å². The minimum Gasteiger partial charge on any atom is -0.320 e. The van der Waals surface area contributed by atoms with E-state index >= 15 is 0 Å². The Labute approximate surface area is 119 Å². The van der Waals surface area contributed by atoms with Crippen molar-refractivity contribution in [3.63, 3.8) is 0 Å². The average molecular weight is 408 g/mol. The van der Waals surface area contributed by atoms with E-state index in [0.29, 0.717) is 4.88 Å². The topological polar surface area (TPSA) is 29.1 Å². The molecule has 1 aromatic heterocycles. The van der Waals surface area contributed by atoms with Gasteiger partial charge in [0.05, 0.1) is 14.4 Å². The SMILES string of the molecule is O=C(Nc1ccccc1I)c1ccc(Br)s1. The van der Waals surface area contributed by atoms with Gasteiger partial charge in [0.25, 0.3) is 5.91 Å². The molecule has 0 aliphatic carbocycles. The van der Waals surface area contributed by atoms with E-state index in [4.69, 9.17) is 0 Å². The highest BCUT2D eigenvalue weighted by Crippen LogP contribution is 2.24. The first-order chi connectivity index (χ1) is 7.66. The molecule has 1 heterocycles. The molecular formula is C11H7BrINOS. The predicted octanol–water partition coefficient (Wildman–Crippen LogP) is 4.37. The van der Waals surface area contributed by atoms with Gasteiger partial charge in [-0.05, 0) is 62.8 Å². The van der Waals surface area contributed by atoms with E-state index in [-0.39, 0.29) is 5.91 Å². The second-order valence-electron chi connectivity index (χ2n) is 3.04. The van der Waals surface area contributed by atoms with Crippen molar-refractivity contribution in [3.8, 4) is 0 Å². The molecule has 0 aliphatic heterocycles. The van der Waals surface area contributed by atoms with Gasteiger partial charge in [-0.25, -0.2) is 0 Å². The van der Waals surface area contributed by atoms with Gasteiger partial charge in [0.2, 0.25) is 0 Å². The highest BCUT2D eigenvalue weighted by molar-refractivity contribution is 14.1. The second-order valence-corrected chi connectivity index (χ2v) is 6.66. The van der Waals surface area contributed by atoms with E-state index in [2.05, 4.69) is 43.8 Å². The van der Waals surface area contributed by atoms with E-state index in [0.717, 1.165) is 13.0 Å². The Bertz CT molecular complexity index is 526. The molecule has 16 heavy (non-hydrogen) atoms. The number of nitrogens with one attached hydrogen (secondary N) is 1. The van der Waals surface area contributed by atoms with E-state index in [9.17, 15) is 4.79 Å². The lowest BCUT2D eigenvalue weighted by Gasteiger charge is -2.05. The lowest BCUT2D eigenvalue weighted by Crippen LogP contribution is -2.10. The molecule has 0 aliphatic rings. The third-order valence-electron chi connectivity index (χ3n) is 1.92. The molecule has 0 unspecified atom stereocenters. The summed E-state index contributed by atoms with van der Waals surface area (Å²) in [4.78, 5) is 12.6. The number of carbonyl (C=O) groups excluding carboxylic acids is 1. The fraction of sp³-hybridized carbons (Fsp3) is 0. The van der Waals surface area contributed by atoms with Gasteiger partial charge in [-0.15, -0.1) is 11.3 Å². The highest BCUT2D eigenvalue weighted by atomic mass is 127. The van der Waals surface area contributed by atoms with Crippen LogP contribution in [0.15, 0.2) is 40.2 Å². The Balaban J connectivity index is 2.17. The molecule has 0 saturated carbocycles. The van der Waals surface area contributed by atoms with Gasteiger partial charge in [0.1, 0.15) is 0 Å². The van der Waals surface area contributed by atoms with Crippen LogP contribution in [0.5, 0.6) is 0 Å². The molecule has 2 aromatic rings. The number of rotatable bonds is 2. The largest absolute Gasteiger partial charge is 0.320 e. The fourth-order valence-electron chi connectivity index (χ4n) is 1.18. The maximum Gasteiger partial charge on any atom is 0.265 e. The summed E-state index contributed by atoms with van der Waals surface area (Å²) in [6.07, 6.45) is 0. The highest BCUT2D eigenvalue weighted by Gasteiger charge is 2.09. The van der Waals surface area contributed by atoms with Crippen LogP contribution in [-0.4, -0.2) is 5.91 Å². The predicted molar refractivity (Wildman–Crippen MR) is 79.1 cm³/mol. The van der Waals surface area contributed by atoms with Gasteiger partial charge >= 0.3 is 0 Å². The number of amides is 1. The molecule has 2 nitrogen and oxygen atoms in total. The van der Waals surface area contributed by atoms with E-state index < -0.39 is 0 Å². The molecular weight excluding hydrogens is 401 g/mol. The Morgan fingerprint density at radius 2 is 2.00 bits per heavy atom. The Hall–Kier alpha value is -0.400. The normalized spacial score (nSPS) is 10.1. The van der Waals surface area contributed by atoms with Crippen LogP contribution in [0.3, 0.4) is 0 Å². The summed E-state index contributed by atoms with van der Waals surface area (Å²) in [7, 11) is 0. The van der Waals surface area contributed by atoms with Gasteiger partial charge in [-0.1, -0.05) is 12.1 Å². The quantitative estimate of drug-likeness (QED) is 0.736. The van der Waals surface area contributed by atoms with Crippen LogP contribution in [0.2, 0.25) is 0 Å². The number of benzene rings is 1. The molecule has 82 valence electrons. The number of halogens is 2. The summed E-state index contributed by atoms with van der Waals surface area (Å²) < 4.78 is 1.99. The summed E-state index contributed by atoms with van der Waals surface area (Å²) in [5.41, 5.74) is 0.845. The number of para-hydroxylation sites is 1. The zero-order chi connectivity index (χ0) is 11.5. The minimum atomic E-state index is -0.0696. The Kier molecular flexibility index (Phi) is 3.99. The molecule has 1 aromatic carbocycles. The maximum atomic E-state index is 11.9. The molecule has 1 amide bonds. The number of hydrogen-bond donors (Lipinski definition) is 1. The number of anilines is 1. The Morgan fingerprint density at radius 1 is 1.25 bits per heavy atom. The van der Waals surface area contributed by atoms with Crippen molar-refractivity contribution in [2.45, 2.75) is 0 Å². The van der Waals surface area contributed by atoms with E-state index in [1.165, 1.54) is 11.3 Å². The number of hydrogen-bond acceptors (Lipinski definition) is 2. The third-order valence-corrected chi connectivity index (χ3v) is 4.48. The van der Waals surface area contributed by atoms with Gasteiger partial charge < -0.3 is 5.32 Å². The Morgan fingerprint density at radius 3 is 2.62 bits per heavy atom. The lowest BCUT2D eigenvalue weighted by molar-refractivity contribution is 0.103. The molecule has 2 rings (SSSR count). The summed E-state index contributed by atoms with van der Waals surface area (Å²) in [6, 6.07) is 11.4. The standard InChI is InChI=1S/C11H7BrINOS/c12-10-6-5-9(16-10)11(15)14-8-4-2-1-3-7(8)13/h1-6H,(H,14,15). The molecule has 0 spiro atoms. The van der Waals surface area contributed by atoms with E-state index in [1.807, 2.05) is 30.3 Å². The van der Waals surface area contributed by atoms with Crippen molar-refractivity contribution in [1.82, 2.24) is 0 Å². The van der Waals surface area contributed by atoms with Crippen LogP contribution in [0.1, 0.15) is 9.67 Å².